The van der Waals surface area contributed by atoms with Crippen molar-refractivity contribution in [2.45, 2.75) is 186 Å². The van der Waals surface area contributed by atoms with Gasteiger partial charge in [-0.15, -0.1) is 10.1 Å². The van der Waals surface area contributed by atoms with Crippen molar-refractivity contribution in [2.24, 2.45) is 11.5 Å². The fourth-order valence-corrected chi connectivity index (χ4v) is 8.34. The molecule has 0 spiro atoms. The van der Waals surface area contributed by atoms with Crippen LogP contribution in [0.1, 0.15) is 175 Å². The predicted molar refractivity (Wildman–Crippen MR) is 485 cm³/mol. The molecule has 55 nitrogen and oxygen atoms in total. The number of ether oxygens (including phenoxy) is 4. The van der Waals surface area contributed by atoms with Crippen molar-refractivity contribution in [2.75, 3.05) is 106 Å². The van der Waals surface area contributed by atoms with Crippen molar-refractivity contribution in [1.29, 1.82) is 0 Å². The molecule has 66 heteroatoms. The number of rotatable bonds is 20. The largest absolute Gasteiger partial charge is 0.560 e. The highest BCUT2D eigenvalue weighted by molar-refractivity contribution is 8.13. The Labute approximate surface area is 820 Å². The lowest BCUT2D eigenvalue weighted by atomic mass is 10.3. The number of hydrogen-bond donors (Lipinski definition) is 12. The molecule has 5 aliphatic rings. The van der Waals surface area contributed by atoms with E-state index < -0.39 is 148 Å². The van der Waals surface area contributed by atoms with E-state index in [1.165, 1.54) is 69.6 Å². The fourth-order valence-electron chi connectivity index (χ4n) is 6.64. The average Bonchev–Trinajstić information content (AvgIpc) is 1.71. The molecule has 0 aromatic heterocycles. The maximum Gasteiger partial charge on any atom is 0.560 e. The third-order valence-electron chi connectivity index (χ3n) is 12.4. The van der Waals surface area contributed by atoms with E-state index >= 15 is 0 Å². The number of hydrogen-bond acceptors (Lipinski definition) is 42. The number of aliphatic hydroxyl groups is 2. The van der Waals surface area contributed by atoms with Crippen molar-refractivity contribution in [1.82, 2.24) is 57.2 Å². The van der Waals surface area contributed by atoms with Crippen LogP contribution in [0, 0.1) is 20.2 Å². The lowest BCUT2D eigenvalue weighted by Gasteiger charge is -2.15. The minimum Gasteiger partial charge on any atom is -0.481 e. The molecule has 0 unspecified atom stereocenters. The summed E-state index contributed by atoms with van der Waals surface area (Å²) in [6, 6.07) is 10.0. The minimum atomic E-state index is -4.74. The average molecular weight is 2140 g/mol. The Bertz CT molecular complexity index is 4160. The molecule has 0 bridgehead atoms. The zero-order valence-corrected chi connectivity index (χ0v) is 82.4. The number of hydroxylamine groups is 10. The van der Waals surface area contributed by atoms with E-state index in [4.69, 9.17) is 42.6 Å². The minimum absolute atomic E-state index is 0. The van der Waals surface area contributed by atoms with Crippen LogP contribution in [0.2, 0.25) is 0 Å². The number of nitrogens with one attached hydrogen (secondary N) is 6. The van der Waals surface area contributed by atoms with Gasteiger partial charge in [-0.2, -0.15) is 44.6 Å². The van der Waals surface area contributed by atoms with Gasteiger partial charge < -0.3 is 87.3 Å². The molecule has 5 fully saturated rings. The van der Waals surface area contributed by atoms with Gasteiger partial charge in [0.15, 0.2) is 11.5 Å². The normalized spacial score (nSPS) is 12.4. The second-order valence-electron chi connectivity index (χ2n) is 23.3. The molecular formula is C75H127BCl2F6N15O40S2. The zero-order chi connectivity index (χ0) is 111. The summed E-state index contributed by atoms with van der Waals surface area (Å²) >= 11 is 4.92. The number of amides is 15. The van der Waals surface area contributed by atoms with Crippen LogP contribution in [0.25, 0.3) is 0 Å². The number of alkyl carbamates (subject to hydrolysis) is 1. The van der Waals surface area contributed by atoms with E-state index in [-0.39, 0.29) is 177 Å². The summed E-state index contributed by atoms with van der Waals surface area (Å²) in [7, 11) is 3.60. The van der Waals surface area contributed by atoms with Gasteiger partial charge in [-0.25, -0.2) is 37.2 Å². The summed E-state index contributed by atoms with van der Waals surface area (Å²) in [6.45, 7) is 24.4. The van der Waals surface area contributed by atoms with E-state index in [9.17, 15) is 155 Å². The quantitative estimate of drug-likeness (QED) is 0.00663. The van der Waals surface area contributed by atoms with Crippen LogP contribution >= 0.6 is 22.3 Å². The van der Waals surface area contributed by atoms with Crippen molar-refractivity contribution in [3.8, 4) is 11.5 Å². The first-order valence-electron chi connectivity index (χ1n) is 40.1. The number of nitrogens with two attached hydrogens (primary N) is 2. The van der Waals surface area contributed by atoms with Gasteiger partial charge in [0.25, 0.3) is 80.6 Å². The van der Waals surface area contributed by atoms with Crippen molar-refractivity contribution >= 4 is 174 Å². The van der Waals surface area contributed by atoms with Gasteiger partial charge in [0, 0.05) is 187 Å². The molecule has 5 aliphatic heterocycles. The first-order valence-corrected chi connectivity index (χ1v) is 44.5. The predicted octanol–water partition coefficient (Wildman–Crippen LogP) is 6.27. The van der Waals surface area contributed by atoms with Crippen LogP contribution in [0.4, 0.5) is 66.5 Å². The number of carbonyl (C=O) groups excluding carboxylic acids is 18. The Kier molecular flexibility index (Phi) is 100. The number of urea groups is 1. The first kappa shape index (κ1) is 153. The Morgan fingerprint density at radius 3 is 0.972 bits per heavy atom. The van der Waals surface area contributed by atoms with Crippen LogP contribution in [0.15, 0.2) is 48.5 Å². The number of non-ortho nitro benzene ring substituents is 2. The number of carbonyl (C=O) groups is 19. The smallest absolute Gasteiger partial charge is 0.481 e. The maximum atomic E-state index is 11.4. The molecule has 14 N–H and O–H groups in total. The number of nitrogens with zero attached hydrogens (tertiary/aromatic N) is 7. The summed E-state index contributed by atoms with van der Waals surface area (Å²) in [5, 5.41) is 68.5. The second-order valence-corrected chi connectivity index (χ2v) is 28.1. The first-order chi connectivity index (χ1) is 64.5. The number of benzene rings is 2. The number of aliphatic carboxylic acids is 1. The van der Waals surface area contributed by atoms with E-state index in [0.29, 0.717) is 36.2 Å². The number of imide groups is 5. The number of aliphatic hydroxyl groups excluding tert-OH is 2. The summed E-state index contributed by atoms with van der Waals surface area (Å²) < 4.78 is 129. The molecule has 0 saturated carbocycles. The molecule has 2 aromatic rings. The third-order valence-corrected chi connectivity index (χ3v) is 14.7. The van der Waals surface area contributed by atoms with Crippen molar-refractivity contribution in [3.63, 3.8) is 0 Å². The van der Waals surface area contributed by atoms with Gasteiger partial charge in [-0.05, 0) is 99.9 Å². The molecule has 3 radical (unpaired) electrons. The molecule has 813 valence electrons. The second kappa shape index (κ2) is 92.1. The molecular weight excluding hydrogens is 2010 g/mol. The zero-order valence-electron chi connectivity index (χ0n) is 79.3. The summed E-state index contributed by atoms with van der Waals surface area (Å²) in [5.74, 6) is -10.3. The van der Waals surface area contributed by atoms with Gasteiger partial charge in [-0.3, -0.25) is 96.8 Å². The van der Waals surface area contributed by atoms with Crippen LogP contribution in [0.3, 0.4) is 0 Å². The monoisotopic (exact) mass is 2140 g/mol. The summed E-state index contributed by atoms with van der Waals surface area (Å²) in [6.07, 6.45) is -11.4. The number of nitro benzene ring substituents is 2. The Morgan fingerprint density at radius 1 is 0.475 bits per heavy atom. The maximum absolute atomic E-state index is 11.4. The van der Waals surface area contributed by atoms with E-state index in [1.807, 2.05) is 27.8 Å². The van der Waals surface area contributed by atoms with Gasteiger partial charge in [0.2, 0.25) is 15.0 Å². The molecule has 0 atom stereocenters. The summed E-state index contributed by atoms with van der Waals surface area (Å²) in [4.78, 5) is 239. The lowest BCUT2D eigenvalue weighted by molar-refractivity contribution is -0.385. The highest BCUT2D eigenvalue weighted by Crippen LogP contribution is 2.23. The van der Waals surface area contributed by atoms with Crippen molar-refractivity contribution < 1.29 is 209 Å². The fraction of sp³-hybridized carbons (Fsp3) is 0.587. The number of halogens is 8. The Hall–Kier alpha value is -13.0. The van der Waals surface area contributed by atoms with Gasteiger partial charge in [0.1, 0.15) is 11.5 Å². The van der Waals surface area contributed by atoms with Gasteiger partial charge in [0.05, 0.1) is 29.7 Å². The summed E-state index contributed by atoms with van der Waals surface area (Å²) in [5.41, 5.74) is 8.23. The van der Waals surface area contributed by atoms with Crippen LogP contribution in [-0.2, 0) is 115 Å². The van der Waals surface area contributed by atoms with Crippen LogP contribution in [0.5, 0.6) is 11.5 Å². The van der Waals surface area contributed by atoms with E-state index in [1.54, 1.807) is 62.6 Å². The van der Waals surface area contributed by atoms with Crippen molar-refractivity contribution in [3.05, 3.63) is 68.8 Å². The number of carboxylic acids is 1. The van der Waals surface area contributed by atoms with E-state index in [2.05, 4.69) is 93.0 Å². The highest BCUT2D eigenvalue weighted by Gasteiger charge is 2.40. The Morgan fingerprint density at radius 2 is 0.780 bits per heavy atom. The number of nitro groups is 2. The molecule has 7 rings (SSSR count). The van der Waals surface area contributed by atoms with Gasteiger partial charge in [-0.1, -0.05) is 52.2 Å². The molecule has 0 aliphatic carbocycles. The third kappa shape index (κ3) is 94.4. The van der Waals surface area contributed by atoms with Crippen LogP contribution in [-0.4, -0.2) is 312 Å². The topological polar surface area (TPSA) is 783 Å². The molecule has 141 heavy (non-hydrogen) atoms. The molecule has 2 aromatic carbocycles. The molecule has 5 saturated heterocycles. The standard InChI is InChI=1S/C9H8N2O7.C9H9NO5.C7H4ClNO4.C7H10N2O4.C7H9NO4.C4H7F3O3S.C4H10N2O.C4H5NO3.C4H9NO2.C4H9NO.C3H9N.C3H6O2.C2H2ClF3O2S.C2H7N.2C2H6O.CH5N.CH4.B.H2/c12-5-1-2-6(13)10(5)17-9(16)18-11-7(14)3-4-8(11)15;1-2-14-9(11)15-8-5-3-7(4-6-8)10(12)13;8-7(10)13-6-3-1-5(2-4-6)9(11)12;1-2-8-7(12)13-9-5(10)3-4-6(9)11;1-2-7(11)12-8-5(9)3-4-6(8)10;1-2-10-11(8,9)3-4(5,6)7;1-3-6-4(7)5-2;6-3-1-2-4(7)5(3)8;1-3-7-4(6)5-2;1-3-4(6)5-2;1-3-4-2;1-2-3(4)5;3-9(7,8)1-2(4,5)6;3*1-2-3;1-2;;;/h1-4H2;3-6H,2H2,1H3;1-4H;2-4H2,1H3,(H,8,12);2-4H2,1H3;2-3H2,1H3;3H2,1-2H3,(H2,5,6,7);8H,1-2H2;3H2,1-2H3,(H,5,6);3H2,1-2H3,(H,5,6);4H,3H2,1-2H3;2H2,1H3,(H,4,5);1H2;2-3H2,1H3;2*3H,2H2,1H3;2H2,1H3;1H4;;1H/i;;;;;;;;;;;;;;;;;;;1+1. The lowest BCUT2D eigenvalue weighted by Crippen LogP contribution is -2.37. The Balaban J connectivity index is -0.000000116. The SMILES string of the molecule is C.CCC(=O)NC.CCC(=O)O.CCC(=O)ON1C(=O)CCC1=O.CCN.CCNC.CCNC(=O)NC.CCNC(=O)ON1C(=O)CCC1=O.CCO.CCO.CCOC(=O)NC.CCOC(=O)Oc1ccc([N+](=O)[O-])cc1.CCOS(=O)(=O)CC(F)(F)F.CN.O=C(Cl)Oc1ccc([N+](=O)[O-])cc1.O=C(ON1C(=O)CCC1=O)ON1C(=O)CCC1=O.O=C1CCC(=O)N1O.O=S(=O)(Cl)CC(F)(F)F.[2HH].[B]. The van der Waals surface area contributed by atoms with Crippen LogP contribution < -0.4 is 52.8 Å². The molecule has 15 amide bonds. The number of carboxylic acid groups (broad SMARTS) is 1. The van der Waals surface area contributed by atoms with Gasteiger partial charge >= 0.3 is 60.2 Å². The highest BCUT2D eigenvalue weighted by atomic mass is 35.7. The molecule has 5 heterocycles. The number of alkyl halides is 6. The van der Waals surface area contributed by atoms with E-state index in [0.717, 1.165) is 13.1 Å².